The molecule has 0 saturated heterocycles. The molecule has 0 heteroatoms. The van der Waals surface area contributed by atoms with Gasteiger partial charge in [-0.2, -0.15) is 0 Å². The average molecular weight is 1070 g/mol. The maximum Gasteiger partial charge on any atom is 0.0629 e. The summed E-state index contributed by atoms with van der Waals surface area (Å²) in [6.45, 7) is 0. The molecule has 0 heterocycles. The Balaban J connectivity index is 0.000000141. The van der Waals surface area contributed by atoms with Crippen LogP contribution in [0.25, 0.3) is 174 Å². The maximum atomic E-state index is 9.21. The van der Waals surface area contributed by atoms with Crippen molar-refractivity contribution in [2.75, 3.05) is 0 Å². The van der Waals surface area contributed by atoms with E-state index >= 15 is 0 Å². The van der Waals surface area contributed by atoms with Crippen LogP contribution in [0, 0.1) is 0 Å². The molecule has 0 aliphatic heterocycles. The molecule has 0 fully saturated rings. The second-order valence-corrected chi connectivity index (χ2v) is 22.0. The Labute approximate surface area is 498 Å². The lowest BCUT2D eigenvalue weighted by Crippen LogP contribution is -1.91. The van der Waals surface area contributed by atoms with Gasteiger partial charge in [-0.3, -0.25) is 0 Å². The first kappa shape index (κ1) is 40.3. The Morgan fingerprint density at radius 3 is 1.15 bits per heavy atom. The monoisotopic (exact) mass is 1070 g/mol. The predicted octanol–water partition coefficient (Wildman–Crippen LogP) is 23.8. The number of hydrogen-bond donors (Lipinski definition) is 0. The van der Waals surface area contributed by atoms with Crippen LogP contribution < -0.4 is 0 Å². The minimum absolute atomic E-state index is 0.208. The maximum absolute atomic E-state index is 9.21. The van der Waals surface area contributed by atoms with E-state index in [1.807, 2.05) is 84.9 Å². The molecule has 0 aromatic heterocycles. The van der Waals surface area contributed by atoms with Crippen molar-refractivity contribution in [3.05, 3.63) is 315 Å². The van der Waals surface area contributed by atoms with Gasteiger partial charge in [-0.1, -0.05) is 291 Å². The predicted molar refractivity (Wildman–Crippen MR) is 363 cm³/mol. The van der Waals surface area contributed by atoms with E-state index in [-0.39, 0.29) is 45.7 Å². The summed E-state index contributed by atoms with van der Waals surface area (Å²) in [5.74, 6) is 0. The summed E-state index contributed by atoms with van der Waals surface area (Å²) >= 11 is 0. The number of hydrogen-bond acceptors (Lipinski definition) is 0. The van der Waals surface area contributed by atoms with Gasteiger partial charge < -0.3 is 0 Å². The van der Waals surface area contributed by atoms with Crippen LogP contribution >= 0.6 is 0 Å². The van der Waals surface area contributed by atoms with E-state index < -0.39 is 24.2 Å². The first-order valence-electron chi connectivity index (χ1n) is 32.6. The summed E-state index contributed by atoms with van der Waals surface area (Å²) in [6.07, 6.45) is 0. The quantitative estimate of drug-likeness (QED) is 0.115. The standard InChI is InChI=1S/C44H26.C40H26/c1-2-6-27(7-3-1)34-24-35(37-20-16-32-14-12-28-8-4-10-30-18-22-39(37)43(32)41(28)30)26-36(25-34)38-21-17-33-15-13-29-9-5-11-31-19-23-40(38)44(33)42(29)31;1-2-12-31-26-32(25-22-27(31)10-1)28-20-23-30(24-21-28)39-35-15-5-7-17-37(35)40(38-18-8-6-16-36(38)39)34-19-9-13-29-11-3-4-14-33(29)34/h1-26H;1-26H/i;5D,6D,7D,8D,15D,16D,17D,18D. The van der Waals surface area contributed by atoms with Gasteiger partial charge in [-0.15, -0.1) is 0 Å². The van der Waals surface area contributed by atoms with E-state index in [4.69, 9.17) is 5.48 Å². The highest BCUT2D eigenvalue weighted by Crippen LogP contribution is 2.47. The Morgan fingerprint density at radius 2 is 0.571 bits per heavy atom. The van der Waals surface area contributed by atoms with Crippen molar-refractivity contribution >= 4 is 108 Å². The van der Waals surface area contributed by atoms with Crippen LogP contribution in [0.4, 0.5) is 0 Å². The third kappa shape index (κ3) is 7.76. The third-order valence-electron chi connectivity index (χ3n) is 17.4. The van der Waals surface area contributed by atoms with Gasteiger partial charge in [0.25, 0.3) is 0 Å². The van der Waals surface area contributed by atoms with Crippen molar-refractivity contribution < 1.29 is 11.0 Å². The first-order chi connectivity index (χ1) is 45.0. The van der Waals surface area contributed by atoms with E-state index in [0.29, 0.717) is 22.3 Å². The highest BCUT2D eigenvalue weighted by Gasteiger charge is 2.20. The minimum Gasteiger partial charge on any atom is -0.0622 e. The Bertz CT molecular complexity index is 5810. The number of fused-ring (bicyclic) bond motifs is 4. The van der Waals surface area contributed by atoms with Gasteiger partial charge in [0.1, 0.15) is 0 Å². The summed E-state index contributed by atoms with van der Waals surface area (Å²) in [5.41, 5.74) is 11.3. The van der Waals surface area contributed by atoms with Crippen LogP contribution in [0.3, 0.4) is 0 Å². The molecule has 0 N–H and O–H groups in total. The van der Waals surface area contributed by atoms with Crippen LogP contribution in [0.1, 0.15) is 11.0 Å². The molecular formula is C84H52. The van der Waals surface area contributed by atoms with Crippen LogP contribution in [-0.4, -0.2) is 0 Å². The van der Waals surface area contributed by atoms with Crippen molar-refractivity contribution in [2.45, 2.75) is 0 Å². The van der Waals surface area contributed by atoms with Gasteiger partial charge in [-0.05, 0) is 199 Å². The fourth-order valence-electron chi connectivity index (χ4n) is 13.5. The van der Waals surface area contributed by atoms with Crippen LogP contribution in [0.2, 0.25) is 0 Å². The van der Waals surface area contributed by atoms with Gasteiger partial charge in [-0.25, -0.2) is 0 Å². The van der Waals surface area contributed by atoms with E-state index in [0.717, 1.165) is 32.7 Å². The molecule has 0 atom stereocenters. The van der Waals surface area contributed by atoms with Gasteiger partial charge in [0.15, 0.2) is 0 Å². The zero-order valence-electron chi connectivity index (χ0n) is 53.4. The third-order valence-corrected chi connectivity index (χ3v) is 17.4. The fourth-order valence-corrected chi connectivity index (χ4v) is 13.5. The van der Waals surface area contributed by atoms with Crippen molar-refractivity contribution in [3.63, 3.8) is 0 Å². The van der Waals surface area contributed by atoms with Gasteiger partial charge in [0.05, 0.1) is 11.0 Å². The zero-order chi connectivity index (χ0) is 62.2. The summed E-state index contributed by atoms with van der Waals surface area (Å²) in [7, 11) is 0. The molecule has 0 aliphatic rings. The highest BCUT2D eigenvalue weighted by atomic mass is 14.2. The van der Waals surface area contributed by atoms with E-state index in [2.05, 4.69) is 182 Å². The van der Waals surface area contributed by atoms with E-state index in [1.165, 1.54) is 98.0 Å². The molecule has 0 aliphatic carbocycles. The molecule has 0 bridgehead atoms. The summed E-state index contributed by atoms with van der Waals surface area (Å²) < 4.78 is 71.5. The fraction of sp³-hybridized carbons (Fsp3) is 0. The van der Waals surface area contributed by atoms with Gasteiger partial charge in [0.2, 0.25) is 0 Å². The van der Waals surface area contributed by atoms with E-state index in [1.54, 1.807) is 0 Å². The molecule has 0 radical (unpaired) electrons. The first-order valence-corrected chi connectivity index (χ1v) is 28.6. The number of benzene rings is 18. The number of rotatable bonds is 6. The molecule has 18 aromatic rings. The zero-order valence-corrected chi connectivity index (χ0v) is 45.4. The second kappa shape index (κ2) is 19.4. The van der Waals surface area contributed by atoms with Crippen LogP contribution in [0.5, 0.6) is 0 Å². The second-order valence-electron chi connectivity index (χ2n) is 22.0. The molecule has 18 aromatic carbocycles. The van der Waals surface area contributed by atoms with Crippen molar-refractivity contribution in [3.8, 4) is 66.8 Å². The molecule has 0 nitrogen and oxygen atoms in total. The topological polar surface area (TPSA) is 0 Å². The summed E-state index contributed by atoms with van der Waals surface area (Å²) in [5, 5.41) is 20.6. The van der Waals surface area contributed by atoms with Gasteiger partial charge >= 0.3 is 0 Å². The molecule has 18 rings (SSSR count). The molecular weight excluding hydrogens is 1010 g/mol. The SMILES string of the molecule is [2H]c1c([2H])c([2H])c2c(-c3cccc4ccccc34)c3c([2H])c([2H])c([2H])c([2H])c3c(-c3ccc(-c4ccc5ccccc5c4)cc3)c2c1[2H].c1ccc(-c2cc(-c3ccc4ccc5cccc6ccc3c4c56)cc(-c3ccc4ccc5cccc6ccc3c4c56)c2)cc1. The van der Waals surface area contributed by atoms with Crippen LogP contribution in [-0.2, 0) is 0 Å². The average Bonchev–Trinajstić information content (AvgIpc) is 0.708. The molecule has 0 unspecified atom stereocenters. The molecule has 388 valence electrons. The summed E-state index contributed by atoms with van der Waals surface area (Å²) in [4.78, 5) is 0. The highest BCUT2D eigenvalue weighted by molar-refractivity contribution is 6.28. The summed E-state index contributed by atoms with van der Waals surface area (Å²) in [6, 6.07) is 91.2. The Kier molecular flexibility index (Phi) is 9.30. The molecule has 84 heavy (non-hydrogen) atoms. The minimum atomic E-state index is -0.411. The Morgan fingerprint density at radius 1 is 0.179 bits per heavy atom. The molecule has 0 spiro atoms. The van der Waals surface area contributed by atoms with Crippen molar-refractivity contribution in [2.24, 2.45) is 0 Å². The van der Waals surface area contributed by atoms with Crippen LogP contribution in [0.15, 0.2) is 315 Å². The lowest BCUT2D eigenvalue weighted by molar-refractivity contribution is 1.59. The normalized spacial score (nSPS) is 13.1. The van der Waals surface area contributed by atoms with E-state index in [9.17, 15) is 5.48 Å². The largest absolute Gasteiger partial charge is 0.0629 e. The lowest BCUT2D eigenvalue weighted by Gasteiger charge is -2.19. The smallest absolute Gasteiger partial charge is 0.0622 e. The van der Waals surface area contributed by atoms with Gasteiger partial charge in [0, 0.05) is 0 Å². The molecule has 0 saturated carbocycles. The lowest BCUT2D eigenvalue weighted by atomic mass is 9.84. The Hall–Kier alpha value is -10.9. The molecule has 0 amide bonds. The van der Waals surface area contributed by atoms with Crippen molar-refractivity contribution in [1.29, 1.82) is 0 Å². The van der Waals surface area contributed by atoms with Crippen molar-refractivity contribution in [1.82, 2.24) is 0 Å².